The first-order valence-electron chi connectivity index (χ1n) is 9.01. The Kier molecular flexibility index (Phi) is 5.09. The average Bonchev–Trinajstić information content (AvgIpc) is 3.13. The number of hydrazone groups is 1. The fourth-order valence-corrected chi connectivity index (χ4v) is 3.75. The van der Waals surface area contributed by atoms with Gasteiger partial charge in [-0.1, -0.05) is 41.7 Å². The Hall–Kier alpha value is -3.52. The molecule has 0 spiro atoms. The SMILES string of the molecule is C/C(=N/NC(=O)[C@H](C)Nc1nc2ccccc2s1)c1cc2ccccc2oc1=O. The van der Waals surface area contributed by atoms with Crippen LogP contribution in [-0.4, -0.2) is 22.6 Å². The van der Waals surface area contributed by atoms with E-state index >= 15 is 0 Å². The molecule has 0 unspecified atom stereocenters. The maximum Gasteiger partial charge on any atom is 0.345 e. The summed E-state index contributed by atoms with van der Waals surface area (Å²) in [6.07, 6.45) is 0. The Balaban J connectivity index is 1.46. The van der Waals surface area contributed by atoms with Crippen molar-refractivity contribution in [2.24, 2.45) is 5.10 Å². The number of hydrogen-bond acceptors (Lipinski definition) is 7. The van der Waals surface area contributed by atoms with Gasteiger partial charge < -0.3 is 9.73 Å². The molecule has 29 heavy (non-hydrogen) atoms. The second-order valence-electron chi connectivity index (χ2n) is 6.51. The van der Waals surface area contributed by atoms with Crippen LogP contribution >= 0.6 is 11.3 Å². The highest BCUT2D eigenvalue weighted by atomic mass is 32.1. The third kappa shape index (κ3) is 4.02. The van der Waals surface area contributed by atoms with Gasteiger partial charge in [0, 0.05) is 5.39 Å². The minimum absolute atomic E-state index is 0.302. The highest BCUT2D eigenvalue weighted by Crippen LogP contribution is 2.25. The third-order valence-corrected chi connectivity index (χ3v) is 5.36. The predicted molar refractivity (Wildman–Crippen MR) is 116 cm³/mol. The van der Waals surface area contributed by atoms with Gasteiger partial charge in [-0.2, -0.15) is 5.10 Å². The number of benzene rings is 2. The summed E-state index contributed by atoms with van der Waals surface area (Å²) >= 11 is 1.48. The van der Waals surface area contributed by atoms with Crippen molar-refractivity contribution in [2.75, 3.05) is 5.32 Å². The molecule has 0 saturated carbocycles. The maximum atomic E-state index is 12.4. The van der Waals surface area contributed by atoms with Gasteiger partial charge >= 0.3 is 5.63 Å². The van der Waals surface area contributed by atoms with Crippen molar-refractivity contribution >= 4 is 49.3 Å². The molecule has 1 amide bonds. The van der Waals surface area contributed by atoms with Crippen LogP contribution in [0.3, 0.4) is 0 Å². The van der Waals surface area contributed by atoms with Gasteiger partial charge in [0.25, 0.3) is 5.91 Å². The van der Waals surface area contributed by atoms with Crippen molar-refractivity contribution in [2.45, 2.75) is 19.9 Å². The molecule has 2 N–H and O–H groups in total. The van der Waals surface area contributed by atoms with Crippen LogP contribution in [0.5, 0.6) is 0 Å². The molecule has 4 aromatic rings. The average molecular weight is 406 g/mol. The standard InChI is InChI=1S/C21H18N4O3S/c1-12(15-11-14-7-3-5-9-17(14)28-20(15)27)24-25-19(26)13(2)22-21-23-16-8-4-6-10-18(16)29-21/h3-11,13H,1-2H3,(H,22,23)(H,25,26)/b24-12-/t13-/m0/s1. The van der Waals surface area contributed by atoms with Gasteiger partial charge in [0.15, 0.2) is 5.13 Å². The summed E-state index contributed by atoms with van der Waals surface area (Å²) in [6.45, 7) is 3.36. The van der Waals surface area contributed by atoms with Gasteiger partial charge in [-0.3, -0.25) is 4.79 Å². The lowest BCUT2D eigenvalue weighted by Gasteiger charge is -2.11. The number of rotatable bonds is 5. The minimum Gasteiger partial charge on any atom is -0.422 e. The van der Waals surface area contributed by atoms with Gasteiger partial charge in [0.05, 0.1) is 21.5 Å². The molecule has 4 rings (SSSR count). The van der Waals surface area contributed by atoms with Gasteiger partial charge in [-0.15, -0.1) is 0 Å². The highest BCUT2D eigenvalue weighted by molar-refractivity contribution is 7.22. The molecule has 0 fully saturated rings. The summed E-state index contributed by atoms with van der Waals surface area (Å²) in [6, 6.07) is 16.1. The molecule has 2 aromatic heterocycles. The van der Waals surface area contributed by atoms with Crippen molar-refractivity contribution in [1.29, 1.82) is 0 Å². The van der Waals surface area contributed by atoms with E-state index in [-0.39, 0.29) is 5.91 Å². The first-order valence-corrected chi connectivity index (χ1v) is 9.82. The molecule has 2 heterocycles. The zero-order valence-electron chi connectivity index (χ0n) is 15.8. The van der Waals surface area contributed by atoms with E-state index < -0.39 is 11.7 Å². The van der Waals surface area contributed by atoms with E-state index in [9.17, 15) is 9.59 Å². The van der Waals surface area contributed by atoms with E-state index in [1.165, 1.54) is 11.3 Å². The Morgan fingerprint density at radius 1 is 1.17 bits per heavy atom. The predicted octanol–water partition coefficient (Wildman–Crippen LogP) is 3.74. The molecular weight excluding hydrogens is 388 g/mol. The lowest BCUT2D eigenvalue weighted by atomic mass is 10.1. The first kappa shape index (κ1) is 18.8. The molecule has 0 radical (unpaired) electrons. The number of hydrogen-bond donors (Lipinski definition) is 2. The number of carbonyl (C=O) groups excluding carboxylic acids is 1. The van der Waals surface area contributed by atoms with Crippen molar-refractivity contribution in [3.05, 3.63) is 70.6 Å². The quantitative estimate of drug-likeness (QED) is 0.299. The van der Waals surface area contributed by atoms with Crippen LogP contribution in [0.1, 0.15) is 19.4 Å². The highest BCUT2D eigenvalue weighted by Gasteiger charge is 2.15. The lowest BCUT2D eigenvalue weighted by Crippen LogP contribution is -2.35. The summed E-state index contributed by atoms with van der Waals surface area (Å²) in [5, 5.41) is 8.59. The van der Waals surface area contributed by atoms with Crippen molar-refractivity contribution in [3.63, 3.8) is 0 Å². The summed E-state index contributed by atoms with van der Waals surface area (Å²) < 4.78 is 6.35. The number of nitrogens with zero attached hydrogens (tertiary/aromatic N) is 2. The van der Waals surface area contributed by atoms with E-state index in [4.69, 9.17) is 4.42 Å². The number of amides is 1. The van der Waals surface area contributed by atoms with Crippen LogP contribution < -0.4 is 16.4 Å². The zero-order chi connectivity index (χ0) is 20.4. The lowest BCUT2D eigenvalue weighted by molar-refractivity contribution is -0.121. The summed E-state index contributed by atoms with van der Waals surface area (Å²) in [7, 11) is 0. The summed E-state index contributed by atoms with van der Waals surface area (Å²) in [4.78, 5) is 29.0. The molecule has 0 aliphatic carbocycles. The fraction of sp³-hybridized carbons (Fsp3) is 0.143. The first-order chi connectivity index (χ1) is 14.0. The van der Waals surface area contributed by atoms with Gasteiger partial charge in [0.2, 0.25) is 0 Å². The van der Waals surface area contributed by atoms with E-state index in [1.54, 1.807) is 32.0 Å². The number of nitrogens with one attached hydrogen (secondary N) is 2. The van der Waals surface area contributed by atoms with E-state index in [0.717, 1.165) is 15.6 Å². The molecule has 7 nitrogen and oxygen atoms in total. The number of fused-ring (bicyclic) bond motifs is 2. The third-order valence-electron chi connectivity index (χ3n) is 4.39. The monoisotopic (exact) mass is 406 g/mol. The van der Waals surface area contributed by atoms with E-state index in [1.807, 2.05) is 36.4 Å². The molecule has 8 heteroatoms. The zero-order valence-corrected chi connectivity index (χ0v) is 16.6. The van der Waals surface area contributed by atoms with E-state index in [2.05, 4.69) is 20.8 Å². The van der Waals surface area contributed by atoms with Crippen LogP contribution in [0.4, 0.5) is 5.13 Å². The molecule has 0 saturated heterocycles. The largest absolute Gasteiger partial charge is 0.422 e. The second kappa shape index (κ2) is 7.84. The maximum absolute atomic E-state index is 12.4. The van der Waals surface area contributed by atoms with Gasteiger partial charge in [-0.05, 0) is 38.1 Å². The molecule has 0 aliphatic heterocycles. The Bertz CT molecular complexity index is 1260. The molecular formula is C21H18N4O3S. The van der Waals surface area contributed by atoms with Gasteiger partial charge in [0.1, 0.15) is 11.6 Å². The van der Waals surface area contributed by atoms with Crippen molar-refractivity contribution in [1.82, 2.24) is 10.4 Å². The summed E-state index contributed by atoms with van der Waals surface area (Å²) in [5.74, 6) is -0.339. The van der Waals surface area contributed by atoms with Gasteiger partial charge in [-0.25, -0.2) is 15.2 Å². The van der Waals surface area contributed by atoms with Crippen LogP contribution in [0.15, 0.2) is 68.9 Å². The fourth-order valence-electron chi connectivity index (χ4n) is 2.79. The summed E-state index contributed by atoms with van der Waals surface area (Å²) in [5.41, 5.74) is 4.05. The van der Waals surface area contributed by atoms with E-state index in [0.29, 0.717) is 22.0 Å². The molecule has 0 bridgehead atoms. The smallest absolute Gasteiger partial charge is 0.345 e. The molecule has 146 valence electrons. The van der Waals surface area contributed by atoms with Crippen LogP contribution in [0.25, 0.3) is 21.2 Å². The number of aromatic nitrogens is 1. The van der Waals surface area contributed by atoms with Crippen LogP contribution in [-0.2, 0) is 4.79 Å². The number of thiazole rings is 1. The van der Waals surface area contributed by atoms with Crippen LogP contribution in [0.2, 0.25) is 0 Å². The number of para-hydroxylation sites is 2. The Morgan fingerprint density at radius 2 is 1.93 bits per heavy atom. The molecule has 1 atom stereocenters. The second-order valence-corrected chi connectivity index (χ2v) is 7.54. The molecule has 0 aliphatic rings. The Labute approximate surface area is 170 Å². The minimum atomic E-state index is -0.555. The normalized spacial score (nSPS) is 12.8. The topological polar surface area (TPSA) is 96.6 Å². The van der Waals surface area contributed by atoms with Crippen molar-refractivity contribution in [3.8, 4) is 0 Å². The number of anilines is 1. The van der Waals surface area contributed by atoms with Crippen molar-refractivity contribution < 1.29 is 9.21 Å². The number of carbonyl (C=O) groups is 1. The Morgan fingerprint density at radius 3 is 2.76 bits per heavy atom. The molecule has 2 aromatic carbocycles. The van der Waals surface area contributed by atoms with Crippen LogP contribution in [0, 0.1) is 0 Å².